The Kier molecular flexibility index (Phi) is 4.08. The highest BCUT2D eigenvalue weighted by molar-refractivity contribution is 5.32. The van der Waals surface area contributed by atoms with Gasteiger partial charge in [-0.15, -0.1) is 0 Å². The molecule has 0 radical (unpaired) electrons. The molecule has 1 N–H and O–H groups in total. The van der Waals surface area contributed by atoms with Crippen LogP contribution >= 0.6 is 0 Å². The molecular formula is C13H14F3N3O. The summed E-state index contributed by atoms with van der Waals surface area (Å²) in [6.45, 7) is 3.56. The van der Waals surface area contributed by atoms with E-state index < -0.39 is 17.8 Å². The molecule has 0 spiro atoms. The van der Waals surface area contributed by atoms with Crippen LogP contribution in [0.1, 0.15) is 35.8 Å². The molecule has 0 amide bonds. The zero-order valence-corrected chi connectivity index (χ0v) is 11.0. The maximum atomic E-state index is 12.9. The molecule has 1 atom stereocenters. The average molecular weight is 285 g/mol. The number of hydrogen-bond donors (Lipinski definition) is 1. The highest BCUT2D eigenvalue weighted by Gasteiger charge is 2.34. The van der Waals surface area contributed by atoms with Crippen molar-refractivity contribution in [3.63, 3.8) is 0 Å². The van der Waals surface area contributed by atoms with E-state index in [0.717, 1.165) is 6.07 Å². The lowest BCUT2D eigenvalue weighted by molar-refractivity contribution is -0.138. The average Bonchev–Trinajstić information content (AvgIpc) is 2.81. The van der Waals surface area contributed by atoms with Crippen LogP contribution < -0.4 is 5.32 Å². The summed E-state index contributed by atoms with van der Waals surface area (Å²) in [5.41, 5.74) is -0.440. The molecule has 108 valence electrons. The highest BCUT2D eigenvalue weighted by atomic mass is 19.4. The van der Waals surface area contributed by atoms with E-state index in [4.69, 9.17) is 4.52 Å². The number of aryl methyl sites for hydroxylation is 1. The molecule has 20 heavy (non-hydrogen) atoms. The smallest absolute Gasteiger partial charge is 0.340 e. The minimum Gasteiger partial charge on any atom is -0.340 e. The lowest BCUT2D eigenvalue weighted by atomic mass is 10.0. The predicted octanol–water partition coefficient (Wildman–Crippen LogP) is 3.25. The largest absolute Gasteiger partial charge is 0.416 e. The van der Waals surface area contributed by atoms with Crippen molar-refractivity contribution in [1.82, 2.24) is 15.5 Å². The van der Waals surface area contributed by atoms with Gasteiger partial charge in [-0.1, -0.05) is 23.4 Å². The van der Waals surface area contributed by atoms with Crippen molar-refractivity contribution in [3.05, 3.63) is 47.1 Å². The zero-order valence-electron chi connectivity index (χ0n) is 11.0. The summed E-state index contributed by atoms with van der Waals surface area (Å²) < 4.78 is 43.5. The Balaban J connectivity index is 2.11. The third kappa shape index (κ3) is 3.36. The fourth-order valence-electron chi connectivity index (χ4n) is 1.90. The molecule has 0 aliphatic heterocycles. The topological polar surface area (TPSA) is 51.0 Å². The maximum absolute atomic E-state index is 12.9. The Hall–Kier alpha value is -1.89. The van der Waals surface area contributed by atoms with Gasteiger partial charge in [0.25, 0.3) is 0 Å². The Labute approximate surface area is 114 Å². The quantitative estimate of drug-likeness (QED) is 0.937. The van der Waals surface area contributed by atoms with Crippen molar-refractivity contribution >= 4 is 0 Å². The van der Waals surface area contributed by atoms with Gasteiger partial charge in [0.2, 0.25) is 5.89 Å². The predicted molar refractivity (Wildman–Crippen MR) is 65.7 cm³/mol. The highest BCUT2D eigenvalue weighted by Crippen LogP contribution is 2.34. The first-order valence-electron chi connectivity index (χ1n) is 6.06. The number of alkyl halides is 3. The number of nitrogens with one attached hydrogen (secondary N) is 1. The van der Waals surface area contributed by atoms with Gasteiger partial charge >= 0.3 is 6.18 Å². The molecular weight excluding hydrogens is 271 g/mol. The Morgan fingerprint density at radius 3 is 2.60 bits per heavy atom. The van der Waals surface area contributed by atoms with E-state index in [1.54, 1.807) is 19.9 Å². The zero-order chi connectivity index (χ0) is 14.8. The van der Waals surface area contributed by atoms with Crippen LogP contribution in [0.3, 0.4) is 0 Å². The van der Waals surface area contributed by atoms with Gasteiger partial charge in [-0.25, -0.2) is 0 Å². The van der Waals surface area contributed by atoms with Crippen molar-refractivity contribution in [3.8, 4) is 0 Å². The molecule has 4 nitrogen and oxygen atoms in total. The number of nitrogens with zero attached hydrogens (tertiary/aromatic N) is 2. The molecule has 1 aromatic carbocycles. The summed E-state index contributed by atoms with van der Waals surface area (Å²) in [4.78, 5) is 3.98. The van der Waals surface area contributed by atoms with Crippen molar-refractivity contribution in [2.45, 2.75) is 32.6 Å². The summed E-state index contributed by atoms with van der Waals surface area (Å²) in [7, 11) is 0. The molecule has 1 aromatic heterocycles. The molecule has 0 fully saturated rings. The van der Waals surface area contributed by atoms with Crippen molar-refractivity contribution in [1.29, 1.82) is 0 Å². The minimum atomic E-state index is -4.37. The van der Waals surface area contributed by atoms with E-state index in [2.05, 4.69) is 15.5 Å². The van der Waals surface area contributed by atoms with Gasteiger partial charge in [0, 0.05) is 13.0 Å². The van der Waals surface area contributed by atoms with Crippen molar-refractivity contribution in [2.24, 2.45) is 0 Å². The normalized spacial score (nSPS) is 13.4. The second-order valence-corrected chi connectivity index (χ2v) is 4.42. The van der Waals surface area contributed by atoms with Crippen LogP contribution in [0.2, 0.25) is 0 Å². The fraction of sp³-hybridized carbons (Fsp3) is 0.385. The van der Waals surface area contributed by atoms with E-state index in [9.17, 15) is 13.2 Å². The molecule has 0 saturated heterocycles. The van der Waals surface area contributed by atoms with Crippen LogP contribution in [0.4, 0.5) is 13.2 Å². The molecule has 2 rings (SSSR count). The summed E-state index contributed by atoms with van der Waals surface area (Å²) in [5.74, 6) is 0.837. The molecule has 1 heterocycles. The maximum Gasteiger partial charge on any atom is 0.416 e. The Bertz CT molecular complexity index is 580. The first kappa shape index (κ1) is 14.5. The lowest BCUT2D eigenvalue weighted by Crippen LogP contribution is -2.22. The van der Waals surface area contributed by atoms with E-state index in [1.165, 1.54) is 12.1 Å². The number of hydrogen-bond acceptors (Lipinski definition) is 4. The van der Waals surface area contributed by atoms with Gasteiger partial charge in [-0.3, -0.25) is 0 Å². The summed E-state index contributed by atoms with van der Waals surface area (Å²) in [6.07, 6.45) is -4.37. The second kappa shape index (κ2) is 5.62. The number of benzene rings is 1. The molecule has 0 aliphatic carbocycles. The molecule has 0 saturated carbocycles. The van der Waals surface area contributed by atoms with Crippen molar-refractivity contribution < 1.29 is 17.7 Å². The van der Waals surface area contributed by atoms with Gasteiger partial charge in [-0.05, 0) is 18.6 Å². The Morgan fingerprint density at radius 1 is 1.30 bits per heavy atom. The minimum absolute atomic E-state index is 0.195. The Morgan fingerprint density at radius 2 is 2.00 bits per heavy atom. The van der Waals surface area contributed by atoms with Crippen molar-refractivity contribution in [2.75, 3.05) is 0 Å². The van der Waals surface area contributed by atoms with Crippen LogP contribution in [0.25, 0.3) is 0 Å². The van der Waals surface area contributed by atoms with Crippen LogP contribution in [0, 0.1) is 6.92 Å². The SMILES string of the molecule is Cc1nc(CNC(C)c2ccccc2C(F)(F)F)no1. The van der Waals surface area contributed by atoms with E-state index in [-0.39, 0.29) is 12.1 Å². The summed E-state index contributed by atoms with van der Waals surface area (Å²) >= 11 is 0. The van der Waals surface area contributed by atoms with Crippen LogP contribution in [-0.2, 0) is 12.7 Å². The number of halogens is 3. The third-order valence-corrected chi connectivity index (χ3v) is 2.87. The molecule has 0 bridgehead atoms. The van der Waals surface area contributed by atoms with Crippen LogP contribution in [0.5, 0.6) is 0 Å². The van der Waals surface area contributed by atoms with Crippen LogP contribution in [0.15, 0.2) is 28.8 Å². The van der Waals surface area contributed by atoms with E-state index >= 15 is 0 Å². The molecule has 7 heteroatoms. The van der Waals surface area contributed by atoms with E-state index in [1.807, 2.05) is 0 Å². The van der Waals surface area contributed by atoms with Gasteiger partial charge < -0.3 is 9.84 Å². The monoisotopic (exact) mass is 285 g/mol. The first-order chi connectivity index (χ1) is 9.38. The van der Waals surface area contributed by atoms with Gasteiger partial charge in [0.15, 0.2) is 5.82 Å². The summed E-state index contributed by atoms with van der Waals surface area (Å²) in [6, 6.07) is 5.02. The fourth-order valence-corrected chi connectivity index (χ4v) is 1.90. The number of aromatic nitrogens is 2. The standard InChI is InChI=1S/C13H14F3N3O/c1-8(17-7-12-18-9(2)20-19-12)10-5-3-4-6-11(10)13(14,15)16/h3-6,8,17H,7H2,1-2H3. The first-order valence-corrected chi connectivity index (χ1v) is 6.06. The number of rotatable bonds is 4. The molecule has 2 aromatic rings. The third-order valence-electron chi connectivity index (χ3n) is 2.87. The lowest BCUT2D eigenvalue weighted by Gasteiger charge is -2.18. The van der Waals surface area contributed by atoms with E-state index in [0.29, 0.717) is 11.7 Å². The second-order valence-electron chi connectivity index (χ2n) is 4.42. The molecule has 1 unspecified atom stereocenters. The van der Waals surface area contributed by atoms with Gasteiger partial charge in [0.05, 0.1) is 12.1 Å². The molecule has 0 aliphatic rings. The summed E-state index contributed by atoms with van der Waals surface area (Å²) in [5, 5.41) is 6.64. The van der Waals surface area contributed by atoms with Gasteiger partial charge in [0.1, 0.15) is 0 Å². The van der Waals surface area contributed by atoms with Gasteiger partial charge in [-0.2, -0.15) is 18.2 Å². The van der Waals surface area contributed by atoms with Crippen LogP contribution in [-0.4, -0.2) is 10.1 Å².